The summed E-state index contributed by atoms with van der Waals surface area (Å²) < 4.78 is 31.2. The second-order valence-electron chi connectivity index (χ2n) is 5.75. The summed E-state index contributed by atoms with van der Waals surface area (Å²) in [6, 6.07) is 14.9. The lowest BCUT2D eigenvalue weighted by Gasteiger charge is -2.32. The van der Waals surface area contributed by atoms with E-state index in [1.165, 1.54) is 0 Å². The number of carbonyl (C=O) groups is 1. The van der Waals surface area contributed by atoms with Gasteiger partial charge in [-0.1, -0.05) is 30.3 Å². The Morgan fingerprint density at radius 2 is 1.71 bits per heavy atom. The highest BCUT2D eigenvalue weighted by atomic mass is 32.2. The zero-order chi connectivity index (χ0) is 17.2. The first-order chi connectivity index (χ1) is 11.5. The number of hydrogen-bond donors (Lipinski definition) is 1. The number of nitrogens with one attached hydrogen (secondary N) is 1. The fourth-order valence-corrected chi connectivity index (χ4v) is 4.90. The van der Waals surface area contributed by atoms with Crippen LogP contribution in [0.5, 0.6) is 5.75 Å². The van der Waals surface area contributed by atoms with Gasteiger partial charge in [-0.05, 0) is 36.2 Å². The van der Waals surface area contributed by atoms with Crippen LogP contribution < -0.4 is 10.1 Å². The van der Waals surface area contributed by atoms with Gasteiger partial charge in [0.25, 0.3) is 0 Å². The van der Waals surface area contributed by atoms with Crippen LogP contribution in [0.3, 0.4) is 0 Å². The topological polar surface area (TPSA) is 72.5 Å². The van der Waals surface area contributed by atoms with Crippen molar-refractivity contribution in [1.29, 1.82) is 0 Å². The number of rotatable bonds is 4. The number of methoxy groups -OCH3 is 1. The van der Waals surface area contributed by atoms with Gasteiger partial charge < -0.3 is 10.1 Å². The summed E-state index contributed by atoms with van der Waals surface area (Å²) in [5, 5.41) is 2.15. The van der Waals surface area contributed by atoms with Crippen molar-refractivity contribution in [2.24, 2.45) is 0 Å². The van der Waals surface area contributed by atoms with Crippen LogP contribution >= 0.6 is 0 Å². The van der Waals surface area contributed by atoms with E-state index in [1.54, 1.807) is 61.7 Å². The predicted octanol–water partition coefficient (Wildman–Crippen LogP) is 2.49. The summed E-state index contributed by atoms with van der Waals surface area (Å²) in [5.41, 5.74) is 0.758. The van der Waals surface area contributed by atoms with Gasteiger partial charge in [0.1, 0.15) is 5.75 Å². The molecule has 24 heavy (non-hydrogen) atoms. The first kappa shape index (κ1) is 16.5. The predicted molar refractivity (Wildman–Crippen MR) is 90.5 cm³/mol. The Morgan fingerprint density at radius 3 is 2.33 bits per heavy atom. The molecule has 0 radical (unpaired) electrons. The number of hydrogen-bond acceptors (Lipinski definition) is 4. The van der Waals surface area contributed by atoms with E-state index in [1.807, 2.05) is 0 Å². The number of amides is 1. The lowest BCUT2D eigenvalue weighted by Crippen LogP contribution is -2.45. The van der Waals surface area contributed by atoms with Crippen LogP contribution in [0.4, 0.5) is 0 Å². The van der Waals surface area contributed by atoms with Crippen LogP contribution in [0.1, 0.15) is 24.4 Å². The molecular formula is C18H19NO4S. The van der Waals surface area contributed by atoms with Crippen LogP contribution in [-0.2, 0) is 14.6 Å². The molecule has 2 atom stereocenters. The third kappa shape index (κ3) is 3.14. The van der Waals surface area contributed by atoms with Crippen molar-refractivity contribution >= 4 is 15.7 Å². The van der Waals surface area contributed by atoms with Gasteiger partial charge in [-0.15, -0.1) is 0 Å². The van der Waals surface area contributed by atoms with Crippen LogP contribution in [0, 0.1) is 0 Å². The minimum atomic E-state index is -3.54. The fraction of sp³-hybridized carbons (Fsp3) is 0.278. The van der Waals surface area contributed by atoms with Crippen molar-refractivity contribution in [2.75, 3.05) is 7.11 Å². The molecule has 0 aromatic heterocycles. The summed E-state index contributed by atoms with van der Waals surface area (Å²) in [4.78, 5) is 12.1. The molecule has 0 aliphatic carbocycles. The van der Waals surface area contributed by atoms with E-state index in [2.05, 4.69) is 5.32 Å². The summed E-state index contributed by atoms with van der Waals surface area (Å²) in [6.45, 7) is 0. The maximum atomic E-state index is 13.0. The highest BCUT2D eigenvalue weighted by Crippen LogP contribution is 2.33. The standard InChI is InChI=1S/C18H19NO4S/c1-23-14-9-7-13(8-10-14)18-16(11-12-17(20)19-18)24(21,22)15-5-3-2-4-6-15/h2-10,16,18H,11-12H2,1H3,(H,19,20)/t16-,18+/m1/s1. The average Bonchev–Trinajstić information content (AvgIpc) is 2.62. The number of ether oxygens (including phenoxy) is 1. The molecule has 3 rings (SSSR count). The molecule has 1 amide bonds. The largest absolute Gasteiger partial charge is 0.497 e. The summed E-state index contributed by atoms with van der Waals surface area (Å²) in [5.74, 6) is 0.554. The van der Waals surface area contributed by atoms with Gasteiger partial charge in [-0.25, -0.2) is 8.42 Å². The normalized spacial score (nSPS) is 21.1. The first-order valence-electron chi connectivity index (χ1n) is 7.74. The molecule has 1 fully saturated rings. The molecule has 2 aromatic rings. The van der Waals surface area contributed by atoms with E-state index >= 15 is 0 Å². The number of piperidine rings is 1. The third-order valence-corrected chi connectivity index (χ3v) is 6.52. The van der Waals surface area contributed by atoms with Gasteiger partial charge in [0.05, 0.1) is 23.3 Å². The number of carbonyl (C=O) groups excluding carboxylic acids is 1. The summed E-state index contributed by atoms with van der Waals surface area (Å²) in [7, 11) is -1.97. The fourth-order valence-electron chi connectivity index (χ4n) is 3.01. The van der Waals surface area contributed by atoms with E-state index in [-0.39, 0.29) is 17.2 Å². The quantitative estimate of drug-likeness (QED) is 0.924. The smallest absolute Gasteiger partial charge is 0.220 e. The molecule has 1 saturated heterocycles. The Morgan fingerprint density at radius 1 is 1.04 bits per heavy atom. The van der Waals surface area contributed by atoms with Gasteiger partial charge >= 0.3 is 0 Å². The maximum Gasteiger partial charge on any atom is 0.220 e. The van der Waals surface area contributed by atoms with Crippen molar-refractivity contribution in [3.63, 3.8) is 0 Å². The summed E-state index contributed by atoms with van der Waals surface area (Å²) in [6.07, 6.45) is 0.517. The Kier molecular flexibility index (Phi) is 4.57. The molecule has 1 N–H and O–H groups in total. The maximum absolute atomic E-state index is 13.0. The molecule has 1 aliphatic rings. The van der Waals surface area contributed by atoms with E-state index in [4.69, 9.17) is 4.74 Å². The van der Waals surface area contributed by atoms with Crippen molar-refractivity contribution in [3.05, 3.63) is 60.2 Å². The van der Waals surface area contributed by atoms with Crippen LogP contribution in [0.15, 0.2) is 59.5 Å². The van der Waals surface area contributed by atoms with Crippen LogP contribution in [-0.4, -0.2) is 26.7 Å². The zero-order valence-corrected chi connectivity index (χ0v) is 14.1. The molecule has 126 valence electrons. The van der Waals surface area contributed by atoms with Gasteiger partial charge in [-0.3, -0.25) is 4.79 Å². The van der Waals surface area contributed by atoms with Crippen molar-refractivity contribution in [1.82, 2.24) is 5.32 Å². The Balaban J connectivity index is 1.99. The van der Waals surface area contributed by atoms with E-state index in [0.29, 0.717) is 12.2 Å². The SMILES string of the molecule is COc1ccc([C@@H]2NC(=O)CC[C@H]2S(=O)(=O)c2ccccc2)cc1. The van der Waals surface area contributed by atoms with E-state index in [0.717, 1.165) is 5.56 Å². The first-order valence-corrected chi connectivity index (χ1v) is 9.29. The number of sulfone groups is 1. The van der Waals surface area contributed by atoms with E-state index < -0.39 is 21.1 Å². The Labute approximate surface area is 141 Å². The molecule has 5 nitrogen and oxygen atoms in total. The van der Waals surface area contributed by atoms with E-state index in [9.17, 15) is 13.2 Å². The molecule has 2 aromatic carbocycles. The molecular weight excluding hydrogens is 326 g/mol. The van der Waals surface area contributed by atoms with Crippen molar-refractivity contribution in [3.8, 4) is 5.75 Å². The summed E-state index contributed by atoms with van der Waals surface area (Å²) >= 11 is 0. The molecule has 1 heterocycles. The Bertz CT molecular complexity index is 816. The van der Waals surface area contributed by atoms with Gasteiger partial charge in [0, 0.05) is 6.42 Å². The number of benzene rings is 2. The molecule has 6 heteroatoms. The van der Waals surface area contributed by atoms with Gasteiger partial charge in [0.2, 0.25) is 5.91 Å². The molecule has 0 unspecified atom stereocenters. The lowest BCUT2D eigenvalue weighted by molar-refractivity contribution is -0.123. The monoisotopic (exact) mass is 345 g/mol. The molecule has 0 spiro atoms. The minimum Gasteiger partial charge on any atom is -0.497 e. The highest BCUT2D eigenvalue weighted by molar-refractivity contribution is 7.92. The van der Waals surface area contributed by atoms with Crippen LogP contribution in [0.2, 0.25) is 0 Å². The zero-order valence-electron chi connectivity index (χ0n) is 13.3. The van der Waals surface area contributed by atoms with Crippen LogP contribution in [0.25, 0.3) is 0 Å². The van der Waals surface area contributed by atoms with Gasteiger partial charge in [-0.2, -0.15) is 0 Å². The highest BCUT2D eigenvalue weighted by Gasteiger charge is 2.39. The second kappa shape index (κ2) is 6.65. The van der Waals surface area contributed by atoms with Crippen molar-refractivity contribution < 1.29 is 17.9 Å². The molecule has 0 bridgehead atoms. The minimum absolute atomic E-state index is 0.129. The third-order valence-electron chi connectivity index (χ3n) is 4.29. The van der Waals surface area contributed by atoms with Crippen molar-refractivity contribution in [2.45, 2.75) is 29.0 Å². The average molecular weight is 345 g/mol. The Hall–Kier alpha value is -2.34. The van der Waals surface area contributed by atoms with Gasteiger partial charge in [0.15, 0.2) is 9.84 Å². The second-order valence-corrected chi connectivity index (χ2v) is 7.92. The molecule has 1 aliphatic heterocycles. The lowest BCUT2D eigenvalue weighted by atomic mass is 9.96. The molecule has 0 saturated carbocycles.